The molecule has 0 radical (unpaired) electrons. The number of hydrogen-bond donors (Lipinski definition) is 0. The van der Waals surface area contributed by atoms with Gasteiger partial charge < -0.3 is 4.74 Å². The van der Waals surface area contributed by atoms with E-state index >= 15 is 0 Å². The predicted octanol–water partition coefficient (Wildman–Crippen LogP) is 7.37. The van der Waals surface area contributed by atoms with Crippen molar-refractivity contribution in [3.05, 3.63) is 12.2 Å². The topological polar surface area (TPSA) is 26.3 Å². The first-order valence-corrected chi connectivity index (χ1v) is 10.6. The van der Waals surface area contributed by atoms with Gasteiger partial charge in [-0.1, -0.05) is 89.7 Å². The average molecular weight is 339 g/mol. The van der Waals surface area contributed by atoms with Crippen molar-refractivity contribution in [2.24, 2.45) is 0 Å². The van der Waals surface area contributed by atoms with E-state index in [1.54, 1.807) is 0 Å². The third-order valence-electron chi connectivity index (χ3n) is 4.46. The molecule has 0 saturated carbocycles. The second-order valence-electron chi connectivity index (χ2n) is 6.98. The zero-order valence-electron chi connectivity index (χ0n) is 16.5. The van der Waals surface area contributed by atoms with Gasteiger partial charge in [-0.3, -0.25) is 4.79 Å². The van der Waals surface area contributed by atoms with Crippen molar-refractivity contribution >= 4 is 5.97 Å². The van der Waals surface area contributed by atoms with E-state index in [0.29, 0.717) is 6.61 Å². The number of unbranched alkanes of at least 4 members (excludes halogenated alkanes) is 14. The molecule has 142 valence electrons. The molecule has 0 aliphatic heterocycles. The molecule has 0 rings (SSSR count). The number of carbonyl (C=O) groups is 1. The Morgan fingerprint density at radius 2 is 1.08 bits per heavy atom. The van der Waals surface area contributed by atoms with Gasteiger partial charge in [-0.15, -0.1) is 0 Å². The SMILES string of the molecule is CCCCCCCC/C=C/CCCCCCCCCCOC(C)=O. The highest BCUT2D eigenvalue weighted by atomic mass is 16.5. The van der Waals surface area contributed by atoms with Crippen molar-refractivity contribution in [3.8, 4) is 0 Å². The molecule has 2 nitrogen and oxygen atoms in total. The van der Waals surface area contributed by atoms with Gasteiger partial charge in [0.2, 0.25) is 0 Å². The molecule has 0 aliphatic carbocycles. The lowest BCUT2D eigenvalue weighted by Crippen LogP contribution is -2.00. The molecule has 0 aromatic carbocycles. The van der Waals surface area contributed by atoms with Gasteiger partial charge in [-0.05, 0) is 32.1 Å². The van der Waals surface area contributed by atoms with Crippen LogP contribution in [0.15, 0.2) is 12.2 Å². The first kappa shape index (κ1) is 23.2. The second-order valence-corrected chi connectivity index (χ2v) is 6.98. The summed E-state index contributed by atoms with van der Waals surface area (Å²) in [7, 11) is 0. The van der Waals surface area contributed by atoms with Crippen LogP contribution >= 0.6 is 0 Å². The maximum absolute atomic E-state index is 10.6. The van der Waals surface area contributed by atoms with Crippen LogP contribution in [0.25, 0.3) is 0 Å². The third kappa shape index (κ3) is 21.2. The summed E-state index contributed by atoms with van der Waals surface area (Å²) in [4.78, 5) is 10.6. The molecular weight excluding hydrogens is 296 g/mol. The molecule has 0 aromatic heterocycles. The summed E-state index contributed by atoms with van der Waals surface area (Å²) in [6.45, 7) is 4.35. The van der Waals surface area contributed by atoms with E-state index in [0.717, 1.165) is 6.42 Å². The first-order valence-electron chi connectivity index (χ1n) is 10.6. The zero-order chi connectivity index (χ0) is 17.7. The smallest absolute Gasteiger partial charge is 0.302 e. The molecule has 0 aliphatic rings. The fourth-order valence-electron chi connectivity index (χ4n) is 2.92. The Bertz CT molecular complexity index is 284. The van der Waals surface area contributed by atoms with E-state index in [-0.39, 0.29) is 5.97 Å². The van der Waals surface area contributed by atoms with E-state index in [2.05, 4.69) is 19.1 Å². The highest BCUT2D eigenvalue weighted by Crippen LogP contribution is 2.11. The van der Waals surface area contributed by atoms with Gasteiger partial charge in [0, 0.05) is 6.92 Å². The maximum Gasteiger partial charge on any atom is 0.302 e. The minimum atomic E-state index is -0.156. The summed E-state index contributed by atoms with van der Waals surface area (Å²) >= 11 is 0. The van der Waals surface area contributed by atoms with Crippen LogP contribution in [0.3, 0.4) is 0 Å². The monoisotopic (exact) mass is 338 g/mol. The Morgan fingerprint density at radius 3 is 1.54 bits per heavy atom. The largest absolute Gasteiger partial charge is 0.466 e. The molecule has 2 heteroatoms. The summed E-state index contributed by atoms with van der Waals surface area (Å²) in [5.74, 6) is -0.156. The van der Waals surface area contributed by atoms with Crippen LogP contribution in [0, 0.1) is 0 Å². The Hall–Kier alpha value is -0.790. The summed E-state index contributed by atoms with van der Waals surface area (Å²) in [6, 6.07) is 0. The molecular formula is C22H42O2. The van der Waals surface area contributed by atoms with Gasteiger partial charge in [0.15, 0.2) is 0 Å². The van der Waals surface area contributed by atoms with Crippen molar-refractivity contribution in [1.82, 2.24) is 0 Å². The van der Waals surface area contributed by atoms with E-state index in [1.807, 2.05) is 0 Å². The summed E-state index contributed by atoms with van der Waals surface area (Å²) in [5.41, 5.74) is 0. The van der Waals surface area contributed by atoms with E-state index in [1.165, 1.54) is 103 Å². The summed E-state index contributed by atoms with van der Waals surface area (Å²) < 4.78 is 4.93. The molecule has 0 N–H and O–H groups in total. The molecule has 0 aromatic rings. The molecule has 0 heterocycles. The summed E-state index contributed by atoms with van der Waals surface area (Å²) in [5, 5.41) is 0. The van der Waals surface area contributed by atoms with Gasteiger partial charge >= 0.3 is 5.97 Å². The molecule has 0 fully saturated rings. The first-order chi connectivity index (χ1) is 11.8. The third-order valence-corrected chi connectivity index (χ3v) is 4.46. The minimum Gasteiger partial charge on any atom is -0.466 e. The van der Waals surface area contributed by atoms with Crippen LogP contribution in [-0.4, -0.2) is 12.6 Å². The second kappa shape index (κ2) is 20.3. The molecule has 0 atom stereocenters. The highest BCUT2D eigenvalue weighted by molar-refractivity contribution is 5.65. The van der Waals surface area contributed by atoms with Crippen molar-refractivity contribution in [2.45, 2.75) is 117 Å². The van der Waals surface area contributed by atoms with Crippen LogP contribution in [0.5, 0.6) is 0 Å². The average Bonchev–Trinajstić information content (AvgIpc) is 2.56. The number of carbonyl (C=O) groups excluding carboxylic acids is 1. The fraction of sp³-hybridized carbons (Fsp3) is 0.864. The quantitative estimate of drug-likeness (QED) is 0.148. The van der Waals surface area contributed by atoms with Gasteiger partial charge in [0.1, 0.15) is 0 Å². The molecule has 24 heavy (non-hydrogen) atoms. The molecule has 0 bridgehead atoms. The standard InChI is InChI=1S/C22H42O2/c1-3-4-5-6-7-8-9-10-11-12-13-14-15-16-17-18-19-20-21-24-22(2)23/h10-11H,3-9,12-21H2,1-2H3/b11-10+. The van der Waals surface area contributed by atoms with Crippen molar-refractivity contribution in [1.29, 1.82) is 0 Å². The lowest BCUT2D eigenvalue weighted by Gasteiger charge is -2.02. The number of ether oxygens (including phenoxy) is 1. The van der Waals surface area contributed by atoms with Gasteiger partial charge in [0.25, 0.3) is 0 Å². The zero-order valence-corrected chi connectivity index (χ0v) is 16.5. The van der Waals surface area contributed by atoms with E-state index in [4.69, 9.17) is 4.74 Å². The lowest BCUT2D eigenvalue weighted by molar-refractivity contribution is -0.141. The van der Waals surface area contributed by atoms with E-state index < -0.39 is 0 Å². The predicted molar refractivity (Wildman–Crippen MR) is 105 cm³/mol. The number of allylic oxidation sites excluding steroid dienone is 2. The minimum absolute atomic E-state index is 0.156. The van der Waals surface area contributed by atoms with Crippen molar-refractivity contribution < 1.29 is 9.53 Å². The molecule has 0 spiro atoms. The number of hydrogen-bond acceptors (Lipinski definition) is 2. The van der Waals surface area contributed by atoms with Gasteiger partial charge in [-0.25, -0.2) is 0 Å². The Kier molecular flexibility index (Phi) is 19.6. The Morgan fingerprint density at radius 1 is 0.667 bits per heavy atom. The van der Waals surface area contributed by atoms with Crippen LogP contribution in [-0.2, 0) is 9.53 Å². The van der Waals surface area contributed by atoms with Gasteiger partial charge in [-0.2, -0.15) is 0 Å². The van der Waals surface area contributed by atoms with Crippen LogP contribution in [0.2, 0.25) is 0 Å². The normalized spacial score (nSPS) is 11.2. The Balaban J connectivity index is 3.06. The number of rotatable bonds is 18. The van der Waals surface area contributed by atoms with Crippen LogP contribution in [0.4, 0.5) is 0 Å². The molecule has 0 amide bonds. The molecule has 0 saturated heterocycles. The van der Waals surface area contributed by atoms with Crippen molar-refractivity contribution in [3.63, 3.8) is 0 Å². The molecule has 0 unspecified atom stereocenters. The van der Waals surface area contributed by atoms with Crippen LogP contribution in [0.1, 0.15) is 117 Å². The van der Waals surface area contributed by atoms with Gasteiger partial charge in [0.05, 0.1) is 6.61 Å². The Labute approximate surface area is 151 Å². The maximum atomic E-state index is 10.6. The van der Waals surface area contributed by atoms with E-state index in [9.17, 15) is 4.79 Å². The van der Waals surface area contributed by atoms with Crippen LogP contribution < -0.4 is 0 Å². The van der Waals surface area contributed by atoms with Crippen molar-refractivity contribution in [2.75, 3.05) is 6.61 Å². The lowest BCUT2D eigenvalue weighted by atomic mass is 10.1. The number of esters is 1. The highest BCUT2D eigenvalue weighted by Gasteiger charge is 1.94. The fourth-order valence-corrected chi connectivity index (χ4v) is 2.92. The summed E-state index contributed by atoms with van der Waals surface area (Å²) in [6.07, 6.45) is 26.0.